The van der Waals surface area contributed by atoms with Crippen molar-refractivity contribution in [1.82, 2.24) is 14.8 Å². The predicted octanol–water partition coefficient (Wildman–Crippen LogP) is 1.16. The molecule has 1 amide bonds. The highest BCUT2D eigenvalue weighted by molar-refractivity contribution is 7.91. The Balaban J connectivity index is 1.62. The molecule has 3 N–H and O–H groups in total. The van der Waals surface area contributed by atoms with Crippen LogP contribution in [0.25, 0.3) is 11.3 Å². The van der Waals surface area contributed by atoms with Gasteiger partial charge in [0.25, 0.3) is 11.5 Å². The van der Waals surface area contributed by atoms with Crippen molar-refractivity contribution >= 4 is 27.0 Å². The fraction of sp³-hybridized carbons (Fsp3) is 0.308. The Kier molecular flexibility index (Phi) is 5.99. The van der Waals surface area contributed by atoms with Gasteiger partial charge in [-0.1, -0.05) is 18.2 Å². The molecule has 3 heterocycles. The first-order valence-corrected chi connectivity index (χ1v) is 13.7. The topological polar surface area (TPSA) is 124 Å². The molecule has 1 atom stereocenters. The second-order valence-corrected chi connectivity index (χ2v) is 11.5. The summed E-state index contributed by atoms with van der Waals surface area (Å²) in [5.74, 6) is -0.135. The van der Waals surface area contributed by atoms with Gasteiger partial charge in [0.15, 0.2) is 16.4 Å². The van der Waals surface area contributed by atoms with Crippen LogP contribution in [0.5, 0.6) is 5.75 Å². The van der Waals surface area contributed by atoms with Crippen LogP contribution in [0.2, 0.25) is 0 Å². The van der Waals surface area contributed by atoms with Gasteiger partial charge >= 0.3 is 0 Å². The Morgan fingerprint density at radius 3 is 2.78 bits per heavy atom. The number of sulfone groups is 1. The number of benzene rings is 1. The lowest BCUT2D eigenvalue weighted by molar-refractivity contribution is -0.119. The smallest absolute Gasteiger partial charge is 0.260 e. The molecule has 0 saturated heterocycles. The molecule has 1 aromatic carbocycles. The van der Waals surface area contributed by atoms with Crippen molar-refractivity contribution < 1.29 is 17.9 Å². The van der Waals surface area contributed by atoms with Crippen molar-refractivity contribution in [2.24, 2.45) is 12.8 Å². The first-order valence-electron chi connectivity index (χ1n) is 11.7. The van der Waals surface area contributed by atoms with E-state index in [1.54, 1.807) is 19.3 Å². The number of carbonyl (C=O) groups is 1. The number of pyridine rings is 1. The van der Waals surface area contributed by atoms with Crippen LogP contribution in [0.3, 0.4) is 0 Å². The molecule has 1 aromatic heterocycles. The molecular weight excluding hydrogens is 480 g/mol. The van der Waals surface area contributed by atoms with Crippen molar-refractivity contribution in [3.63, 3.8) is 0 Å². The van der Waals surface area contributed by atoms with Gasteiger partial charge in [-0.2, -0.15) is 0 Å². The van der Waals surface area contributed by atoms with E-state index in [0.717, 1.165) is 28.8 Å². The summed E-state index contributed by atoms with van der Waals surface area (Å²) in [6.07, 6.45) is 7.61. The molecule has 0 fully saturated rings. The van der Waals surface area contributed by atoms with Gasteiger partial charge in [0, 0.05) is 49.9 Å². The molecule has 2 aromatic rings. The standard InChI is InChI=1S/C26H28N4O5S/c1-29-10-8-19-18(15-36(2,33)34)11-17-13-30(12-16-5-3-4-6-21(16)35-14-22(27)31)20-7-9-28-25(23(17)20)24(19)26(29)32/h3-6,8,10-11,13,20,28H,7,9,12,14-15H2,1-2H3,(H2,27,31). The number of hydrogen-bond acceptors (Lipinski definition) is 7. The lowest BCUT2D eigenvalue weighted by Crippen LogP contribution is -2.38. The van der Waals surface area contributed by atoms with E-state index in [0.29, 0.717) is 35.5 Å². The van der Waals surface area contributed by atoms with Gasteiger partial charge in [-0.3, -0.25) is 9.59 Å². The number of rotatable bonds is 7. The number of ether oxygens (including phenoxy) is 1. The average Bonchev–Trinajstić information content (AvgIpc) is 3.09. The highest BCUT2D eigenvalue weighted by Crippen LogP contribution is 2.43. The van der Waals surface area contributed by atoms with Crippen molar-refractivity contribution in [2.45, 2.75) is 19.0 Å². The third-order valence-corrected chi connectivity index (χ3v) is 7.48. The van der Waals surface area contributed by atoms with Crippen LogP contribution in [0.1, 0.15) is 23.1 Å². The van der Waals surface area contributed by atoms with E-state index in [1.807, 2.05) is 36.5 Å². The minimum absolute atomic E-state index is 0.00737. The number of para-hydroxylation sites is 1. The number of nitrogens with zero attached hydrogens (tertiary/aromatic N) is 2. The molecule has 9 nitrogen and oxygen atoms in total. The minimum atomic E-state index is -3.35. The second-order valence-electron chi connectivity index (χ2n) is 9.40. The summed E-state index contributed by atoms with van der Waals surface area (Å²) >= 11 is 0. The zero-order valence-electron chi connectivity index (χ0n) is 20.2. The van der Waals surface area contributed by atoms with Crippen molar-refractivity contribution in [3.8, 4) is 5.75 Å². The van der Waals surface area contributed by atoms with E-state index in [9.17, 15) is 18.0 Å². The SMILES string of the molecule is Cn1ccc2c(c1=O)C1=C3C(=CN(Cc4ccccc4OCC(N)=O)C3CCN1)C=C2CS(C)(=O)=O. The fourth-order valence-electron chi connectivity index (χ4n) is 5.17. The van der Waals surface area contributed by atoms with Crippen LogP contribution < -0.4 is 21.3 Å². The minimum Gasteiger partial charge on any atom is -0.483 e. The van der Waals surface area contributed by atoms with Gasteiger partial charge in [-0.25, -0.2) is 8.42 Å². The molecule has 2 aliphatic heterocycles. The monoisotopic (exact) mass is 508 g/mol. The molecule has 0 saturated carbocycles. The van der Waals surface area contributed by atoms with E-state index >= 15 is 0 Å². The summed E-state index contributed by atoms with van der Waals surface area (Å²) < 4.78 is 31.8. The van der Waals surface area contributed by atoms with Gasteiger partial charge in [-0.15, -0.1) is 0 Å². The number of amides is 1. The molecule has 5 rings (SSSR count). The van der Waals surface area contributed by atoms with Crippen LogP contribution in [0.4, 0.5) is 0 Å². The molecule has 36 heavy (non-hydrogen) atoms. The Morgan fingerprint density at radius 2 is 2.03 bits per heavy atom. The molecule has 0 spiro atoms. The number of allylic oxidation sites excluding steroid dienone is 1. The van der Waals surface area contributed by atoms with Gasteiger partial charge < -0.3 is 25.3 Å². The number of aryl methyl sites for hydroxylation is 1. The van der Waals surface area contributed by atoms with Gasteiger partial charge in [0.05, 0.1) is 23.1 Å². The van der Waals surface area contributed by atoms with Gasteiger partial charge in [-0.05, 0) is 41.3 Å². The molecule has 188 valence electrons. The first-order chi connectivity index (χ1) is 17.1. The van der Waals surface area contributed by atoms with E-state index < -0.39 is 15.7 Å². The van der Waals surface area contributed by atoms with Crippen molar-refractivity contribution in [1.29, 1.82) is 0 Å². The number of nitrogens with one attached hydrogen (secondary N) is 1. The van der Waals surface area contributed by atoms with E-state index in [4.69, 9.17) is 10.5 Å². The summed E-state index contributed by atoms with van der Waals surface area (Å²) in [5.41, 5.74) is 10.4. The highest BCUT2D eigenvalue weighted by Gasteiger charge is 2.38. The molecule has 0 bridgehead atoms. The fourth-order valence-corrected chi connectivity index (χ4v) is 5.97. The Morgan fingerprint density at radius 1 is 1.25 bits per heavy atom. The molecule has 1 aliphatic carbocycles. The maximum absolute atomic E-state index is 13.3. The Hall–Kier alpha value is -3.79. The predicted molar refractivity (Wildman–Crippen MR) is 137 cm³/mol. The number of carbonyl (C=O) groups excluding carboxylic acids is 1. The number of hydrogen-bond donors (Lipinski definition) is 2. The average molecular weight is 509 g/mol. The third-order valence-electron chi connectivity index (χ3n) is 6.65. The third kappa shape index (κ3) is 4.44. The normalized spacial score (nSPS) is 18.5. The summed E-state index contributed by atoms with van der Waals surface area (Å²) in [7, 11) is -1.65. The lowest BCUT2D eigenvalue weighted by Gasteiger charge is -2.32. The number of primary amides is 1. The van der Waals surface area contributed by atoms with Crippen molar-refractivity contribution in [3.05, 3.63) is 87.0 Å². The van der Waals surface area contributed by atoms with Crippen LogP contribution in [-0.2, 0) is 28.2 Å². The summed E-state index contributed by atoms with van der Waals surface area (Å²) in [4.78, 5) is 26.8. The summed E-state index contributed by atoms with van der Waals surface area (Å²) in [5, 5.41) is 3.44. The van der Waals surface area contributed by atoms with E-state index in [-0.39, 0.29) is 24.0 Å². The highest BCUT2D eigenvalue weighted by atomic mass is 32.2. The van der Waals surface area contributed by atoms with Crippen molar-refractivity contribution in [2.75, 3.05) is 25.2 Å². The largest absolute Gasteiger partial charge is 0.483 e. The second kappa shape index (κ2) is 9.02. The first kappa shape index (κ1) is 23.9. The molecular formula is C26H28N4O5S. The zero-order valence-corrected chi connectivity index (χ0v) is 21.0. The van der Waals surface area contributed by atoms with E-state index in [1.165, 1.54) is 10.8 Å². The number of fused-ring (bicyclic) bond motifs is 2. The number of aromatic nitrogens is 1. The Labute approximate surface area is 209 Å². The summed E-state index contributed by atoms with van der Waals surface area (Å²) in [6, 6.07) is 9.30. The number of nitrogens with two attached hydrogens (primary N) is 1. The van der Waals surface area contributed by atoms with Crippen LogP contribution in [0, 0.1) is 0 Å². The van der Waals surface area contributed by atoms with E-state index in [2.05, 4.69) is 10.2 Å². The molecule has 3 aliphatic rings. The maximum Gasteiger partial charge on any atom is 0.260 e. The Bertz CT molecular complexity index is 1520. The molecule has 0 radical (unpaired) electrons. The molecule has 10 heteroatoms. The van der Waals surface area contributed by atoms with Gasteiger partial charge in [0.1, 0.15) is 5.75 Å². The van der Waals surface area contributed by atoms with Gasteiger partial charge in [0.2, 0.25) is 0 Å². The zero-order chi connectivity index (χ0) is 25.6. The summed E-state index contributed by atoms with van der Waals surface area (Å²) in [6.45, 7) is 0.965. The van der Waals surface area contributed by atoms with Crippen LogP contribution in [0.15, 0.2) is 64.7 Å². The molecule has 1 unspecified atom stereocenters. The van der Waals surface area contributed by atoms with Crippen LogP contribution in [-0.4, -0.2) is 55.0 Å². The lowest BCUT2D eigenvalue weighted by atomic mass is 9.92. The van der Waals surface area contributed by atoms with Crippen LogP contribution >= 0.6 is 0 Å². The maximum atomic E-state index is 13.3. The quantitative estimate of drug-likeness (QED) is 0.575.